The van der Waals surface area contributed by atoms with Crippen LogP contribution in [0, 0.1) is 0 Å². The highest BCUT2D eigenvalue weighted by atomic mass is 16.4. The zero-order valence-electron chi connectivity index (χ0n) is 6.66. The fourth-order valence-electron chi connectivity index (χ4n) is 0.618. The van der Waals surface area contributed by atoms with Crippen LogP contribution >= 0.6 is 0 Å². The third-order valence-corrected chi connectivity index (χ3v) is 1.17. The molecule has 0 bridgehead atoms. The first-order valence-corrected chi connectivity index (χ1v) is 3.67. The molecule has 0 heterocycles. The number of rotatable bonds is 5. The summed E-state index contributed by atoms with van der Waals surface area (Å²) in [4.78, 5) is 10.0. The smallest absolute Gasteiger partial charge is 0.303 e. The molecule has 0 saturated heterocycles. The fraction of sp³-hybridized carbons (Fsp3) is 0.625. The molecular formula is C8H14O3. The summed E-state index contributed by atoms with van der Waals surface area (Å²) < 4.78 is 0. The van der Waals surface area contributed by atoms with Gasteiger partial charge in [0.2, 0.25) is 0 Å². The minimum absolute atomic E-state index is 0.163. The van der Waals surface area contributed by atoms with Gasteiger partial charge in [-0.05, 0) is 19.8 Å². The number of carbonyl (C=O) groups is 1. The first-order chi connectivity index (χ1) is 5.13. The molecule has 1 unspecified atom stereocenters. The molecule has 11 heavy (non-hydrogen) atoms. The quantitative estimate of drug-likeness (QED) is 0.590. The highest BCUT2D eigenvalue weighted by molar-refractivity contribution is 5.66. The maximum atomic E-state index is 10.0. The summed E-state index contributed by atoms with van der Waals surface area (Å²) in [6.07, 6.45) is 4.54. The van der Waals surface area contributed by atoms with Gasteiger partial charge >= 0.3 is 5.97 Å². The molecule has 0 rings (SSSR count). The highest BCUT2D eigenvalue weighted by Crippen LogP contribution is 1.95. The van der Waals surface area contributed by atoms with Gasteiger partial charge in [-0.2, -0.15) is 0 Å². The molecule has 0 spiro atoms. The Balaban J connectivity index is 3.23. The van der Waals surface area contributed by atoms with Gasteiger partial charge in [0.05, 0.1) is 6.10 Å². The molecule has 2 N–H and O–H groups in total. The number of hydrogen-bond donors (Lipinski definition) is 2. The van der Waals surface area contributed by atoms with Crippen LogP contribution in [0.15, 0.2) is 12.2 Å². The molecule has 0 amide bonds. The predicted molar refractivity (Wildman–Crippen MR) is 42.3 cm³/mol. The molecule has 1 atom stereocenters. The lowest BCUT2D eigenvalue weighted by Gasteiger charge is -1.95. The second-order valence-electron chi connectivity index (χ2n) is 2.49. The van der Waals surface area contributed by atoms with Gasteiger partial charge in [-0.15, -0.1) is 0 Å². The van der Waals surface area contributed by atoms with Crippen molar-refractivity contribution < 1.29 is 15.0 Å². The Morgan fingerprint density at radius 3 is 2.64 bits per heavy atom. The molecule has 0 aromatic heterocycles. The molecule has 3 nitrogen and oxygen atoms in total. The minimum atomic E-state index is -0.785. The van der Waals surface area contributed by atoms with E-state index in [0.717, 1.165) is 0 Å². The third-order valence-electron chi connectivity index (χ3n) is 1.17. The molecule has 0 aliphatic rings. The molecule has 0 fully saturated rings. The second-order valence-corrected chi connectivity index (χ2v) is 2.49. The molecule has 0 saturated carbocycles. The van der Waals surface area contributed by atoms with Crippen molar-refractivity contribution in [2.24, 2.45) is 0 Å². The first kappa shape index (κ1) is 10.2. The Bertz CT molecular complexity index is 138. The lowest BCUT2D eigenvalue weighted by atomic mass is 10.2. The Morgan fingerprint density at radius 2 is 2.18 bits per heavy atom. The van der Waals surface area contributed by atoms with Crippen molar-refractivity contribution in [1.29, 1.82) is 0 Å². The van der Waals surface area contributed by atoms with Crippen molar-refractivity contribution in [2.45, 2.75) is 32.3 Å². The summed E-state index contributed by atoms with van der Waals surface area (Å²) >= 11 is 0. The maximum absolute atomic E-state index is 10.0. The summed E-state index contributed by atoms with van der Waals surface area (Å²) in [6, 6.07) is 0. The summed E-state index contributed by atoms with van der Waals surface area (Å²) in [5, 5.41) is 17.0. The zero-order valence-corrected chi connectivity index (χ0v) is 6.66. The number of aliphatic hydroxyl groups excluding tert-OH is 1. The molecule has 0 aliphatic carbocycles. The van der Waals surface area contributed by atoms with Gasteiger partial charge in [0, 0.05) is 6.42 Å². The van der Waals surface area contributed by atoms with E-state index in [1.54, 1.807) is 19.1 Å². The van der Waals surface area contributed by atoms with Gasteiger partial charge in [-0.3, -0.25) is 4.79 Å². The van der Waals surface area contributed by atoms with Crippen LogP contribution in [0.3, 0.4) is 0 Å². The van der Waals surface area contributed by atoms with E-state index < -0.39 is 5.97 Å². The van der Waals surface area contributed by atoms with E-state index in [-0.39, 0.29) is 12.5 Å². The highest BCUT2D eigenvalue weighted by Gasteiger charge is 1.92. The van der Waals surface area contributed by atoms with E-state index in [9.17, 15) is 4.79 Å². The standard InChI is InChI=1S/C8H14O3/c1-7(9)5-3-2-4-6-8(10)11/h2-3,7,9H,4-6H2,1H3,(H,10,11)/b3-2-. The Hall–Kier alpha value is -0.830. The van der Waals surface area contributed by atoms with Gasteiger partial charge in [-0.1, -0.05) is 12.2 Å². The Labute approximate surface area is 66.4 Å². The number of aliphatic hydroxyl groups is 1. The normalized spacial score (nSPS) is 13.6. The predicted octanol–water partition coefficient (Wildman–Crippen LogP) is 1.18. The van der Waals surface area contributed by atoms with Crippen LogP contribution in [-0.2, 0) is 4.79 Å². The summed E-state index contributed by atoms with van der Waals surface area (Å²) in [5.41, 5.74) is 0. The van der Waals surface area contributed by atoms with Gasteiger partial charge in [0.25, 0.3) is 0 Å². The summed E-state index contributed by atoms with van der Waals surface area (Å²) in [6.45, 7) is 1.70. The molecular weight excluding hydrogens is 144 g/mol. The number of allylic oxidation sites excluding steroid dienone is 1. The van der Waals surface area contributed by atoms with Crippen molar-refractivity contribution >= 4 is 5.97 Å². The van der Waals surface area contributed by atoms with Crippen molar-refractivity contribution in [2.75, 3.05) is 0 Å². The van der Waals surface area contributed by atoms with E-state index in [1.807, 2.05) is 0 Å². The minimum Gasteiger partial charge on any atom is -0.481 e. The third kappa shape index (κ3) is 9.17. The van der Waals surface area contributed by atoms with Gasteiger partial charge in [-0.25, -0.2) is 0 Å². The van der Waals surface area contributed by atoms with Crippen LogP contribution in [0.25, 0.3) is 0 Å². The molecule has 0 aromatic carbocycles. The van der Waals surface area contributed by atoms with Gasteiger partial charge in [0.15, 0.2) is 0 Å². The lowest BCUT2D eigenvalue weighted by Crippen LogP contribution is -1.95. The van der Waals surface area contributed by atoms with E-state index in [4.69, 9.17) is 10.2 Å². The SMILES string of the molecule is CC(O)C/C=C\CCC(=O)O. The zero-order chi connectivity index (χ0) is 8.69. The Morgan fingerprint density at radius 1 is 1.55 bits per heavy atom. The fourth-order valence-corrected chi connectivity index (χ4v) is 0.618. The largest absolute Gasteiger partial charge is 0.481 e. The van der Waals surface area contributed by atoms with Crippen molar-refractivity contribution in [3.63, 3.8) is 0 Å². The van der Waals surface area contributed by atoms with Crippen LogP contribution in [0.4, 0.5) is 0 Å². The van der Waals surface area contributed by atoms with Crippen LogP contribution in [0.5, 0.6) is 0 Å². The summed E-state index contributed by atoms with van der Waals surface area (Å²) in [7, 11) is 0. The van der Waals surface area contributed by atoms with Crippen LogP contribution in [0.2, 0.25) is 0 Å². The molecule has 0 aliphatic heterocycles. The number of hydrogen-bond acceptors (Lipinski definition) is 2. The number of aliphatic carboxylic acids is 1. The lowest BCUT2D eigenvalue weighted by molar-refractivity contribution is -0.136. The average Bonchev–Trinajstić information content (AvgIpc) is 1.85. The van der Waals surface area contributed by atoms with Crippen LogP contribution < -0.4 is 0 Å². The first-order valence-electron chi connectivity index (χ1n) is 3.67. The Kier molecular flexibility index (Phi) is 5.47. The molecule has 0 radical (unpaired) electrons. The topological polar surface area (TPSA) is 57.5 Å². The molecule has 3 heteroatoms. The number of carboxylic acid groups (broad SMARTS) is 1. The van der Waals surface area contributed by atoms with E-state index >= 15 is 0 Å². The van der Waals surface area contributed by atoms with E-state index in [2.05, 4.69) is 0 Å². The van der Waals surface area contributed by atoms with Crippen molar-refractivity contribution in [3.8, 4) is 0 Å². The van der Waals surface area contributed by atoms with E-state index in [0.29, 0.717) is 12.8 Å². The maximum Gasteiger partial charge on any atom is 0.303 e. The van der Waals surface area contributed by atoms with Crippen molar-refractivity contribution in [3.05, 3.63) is 12.2 Å². The molecule has 64 valence electrons. The summed E-state index contributed by atoms with van der Waals surface area (Å²) in [5.74, 6) is -0.785. The van der Waals surface area contributed by atoms with Crippen molar-refractivity contribution in [1.82, 2.24) is 0 Å². The second kappa shape index (κ2) is 5.92. The van der Waals surface area contributed by atoms with Crippen LogP contribution in [-0.4, -0.2) is 22.3 Å². The monoisotopic (exact) mass is 158 g/mol. The van der Waals surface area contributed by atoms with E-state index in [1.165, 1.54) is 0 Å². The molecule has 0 aromatic rings. The van der Waals surface area contributed by atoms with Crippen LogP contribution in [0.1, 0.15) is 26.2 Å². The van der Waals surface area contributed by atoms with Gasteiger partial charge in [0.1, 0.15) is 0 Å². The average molecular weight is 158 g/mol. The number of carboxylic acids is 1. The van der Waals surface area contributed by atoms with Gasteiger partial charge < -0.3 is 10.2 Å².